The van der Waals surface area contributed by atoms with Gasteiger partial charge in [-0.05, 0) is 48.5 Å². The van der Waals surface area contributed by atoms with E-state index in [0.29, 0.717) is 5.69 Å². The van der Waals surface area contributed by atoms with Gasteiger partial charge in [-0.15, -0.1) is 0 Å². The molecule has 0 radical (unpaired) electrons. The number of anilines is 2. The monoisotopic (exact) mass is 371 g/mol. The highest BCUT2D eigenvalue weighted by molar-refractivity contribution is 6.07. The van der Waals surface area contributed by atoms with Gasteiger partial charge in [0.25, 0.3) is 11.8 Å². The normalized spacial score (nSPS) is 10.3. The van der Waals surface area contributed by atoms with E-state index >= 15 is 0 Å². The van der Waals surface area contributed by atoms with Crippen molar-refractivity contribution in [2.24, 2.45) is 0 Å². The third-order valence-electron chi connectivity index (χ3n) is 3.56. The van der Waals surface area contributed by atoms with Gasteiger partial charge in [0.2, 0.25) is 0 Å². The molecule has 2 N–H and O–H groups in total. The highest BCUT2D eigenvalue weighted by Crippen LogP contribution is 2.19. The summed E-state index contributed by atoms with van der Waals surface area (Å²) in [7, 11) is 0. The summed E-state index contributed by atoms with van der Waals surface area (Å²) < 4.78 is 40.2. The summed E-state index contributed by atoms with van der Waals surface area (Å²) in [4.78, 5) is 28.3. The van der Waals surface area contributed by atoms with Crippen LogP contribution < -0.4 is 10.6 Å². The molecule has 2 amide bonds. The number of nitrogens with zero attached hydrogens (tertiary/aromatic N) is 1. The van der Waals surface area contributed by atoms with Crippen molar-refractivity contribution >= 4 is 23.2 Å². The Kier molecular flexibility index (Phi) is 5.16. The van der Waals surface area contributed by atoms with Gasteiger partial charge in [-0.25, -0.2) is 13.2 Å². The Balaban J connectivity index is 1.77. The molecule has 1 heterocycles. The van der Waals surface area contributed by atoms with E-state index < -0.39 is 35.0 Å². The summed E-state index contributed by atoms with van der Waals surface area (Å²) in [5, 5.41) is 4.63. The Morgan fingerprint density at radius 3 is 2.15 bits per heavy atom. The predicted octanol–water partition coefficient (Wildman–Crippen LogP) is 4.00. The van der Waals surface area contributed by atoms with Crippen molar-refractivity contribution in [3.8, 4) is 0 Å². The summed E-state index contributed by atoms with van der Waals surface area (Å²) in [5.41, 5.74) is -0.360. The molecule has 0 spiro atoms. The number of amides is 2. The van der Waals surface area contributed by atoms with Gasteiger partial charge in [0.15, 0.2) is 0 Å². The van der Waals surface area contributed by atoms with Crippen molar-refractivity contribution < 1.29 is 22.8 Å². The molecule has 0 fully saturated rings. The van der Waals surface area contributed by atoms with Crippen molar-refractivity contribution in [3.63, 3.8) is 0 Å². The van der Waals surface area contributed by atoms with Crippen molar-refractivity contribution in [3.05, 3.63) is 89.5 Å². The summed E-state index contributed by atoms with van der Waals surface area (Å²) >= 11 is 0. The van der Waals surface area contributed by atoms with E-state index in [1.54, 1.807) is 0 Å². The molecule has 0 saturated heterocycles. The van der Waals surface area contributed by atoms with Crippen molar-refractivity contribution in [2.75, 3.05) is 10.6 Å². The van der Waals surface area contributed by atoms with E-state index in [1.165, 1.54) is 48.7 Å². The Bertz CT molecular complexity index is 987. The van der Waals surface area contributed by atoms with Gasteiger partial charge in [0.05, 0.1) is 0 Å². The second-order valence-electron chi connectivity index (χ2n) is 5.44. The van der Waals surface area contributed by atoms with E-state index in [1.807, 2.05) is 0 Å². The van der Waals surface area contributed by atoms with Crippen LogP contribution in [0.1, 0.15) is 20.8 Å². The van der Waals surface area contributed by atoms with Gasteiger partial charge in [-0.2, -0.15) is 0 Å². The van der Waals surface area contributed by atoms with Crippen LogP contribution in [0.4, 0.5) is 24.5 Å². The van der Waals surface area contributed by atoms with Gasteiger partial charge < -0.3 is 10.6 Å². The second-order valence-corrected chi connectivity index (χ2v) is 5.44. The van der Waals surface area contributed by atoms with Gasteiger partial charge in [0.1, 0.15) is 28.8 Å². The Labute approximate surface area is 151 Å². The highest BCUT2D eigenvalue weighted by atomic mass is 19.1. The van der Waals surface area contributed by atoms with Gasteiger partial charge in [-0.1, -0.05) is 6.07 Å². The van der Waals surface area contributed by atoms with Crippen LogP contribution in [0.15, 0.2) is 60.8 Å². The maximum atomic E-state index is 13.6. The van der Waals surface area contributed by atoms with E-state index in [-0.39, 0.29) is 11.3 Å². The zero-order valence-electron chi connectivity index (χ0n) is 13.7. The minimum atomic E-state index is -0.924. The first-order valence-electron chi connectivity index (χ1n) is 7.72. The molecule has 0 unspecified atom stereocenters. The SMILES string of the molecule is O=C(Nc1c(F)cccc1F)c1ccnc(C(=O)Nc2ccc(F)cc2)c1. The summed E-state index contributed by atoms with van der Waals surface area (Å²) in [6.45, 7) is 0. The fraction of sp³-hybridized carbons (Fsp3) is 0. The van der Waals surface area contributed by atoms with Gasteiger partial charge >= 0.3 is 0 Å². The number of hydrogen-bond donors (Lipinski definition) is 2. The van der Waals surface area contributed by atoms with Crippen LogP contribution in [-0.2, 0) is 0 Å². The van der Waals surface area contributed by atoms with E-state index in [9.17, 15) is 22.8 Å². The highest BCUT2D eigenvalue weighted by Gasteiger charge is 2.16. The first kappa shape index (κ1) is 18.1. The first-order chi connectivity index (χ1) is 12.9. The molecule has 27 heavy (non-hydrogen) atoms. The number of aromatic nitrogens is 1. The zero-order chi connectivity index (χ0) is 19.4. The molecule has 2 aromatic carbocycles. The summed E-state index contributed by atoms with van der Waals surface area (Å²) in [6, 6.07) is 10.7. The average Bonchev–Trinajstić information content (AvgIpc) is 2.66. The van der Waals surface area contributed by atoms with Gasteiger partial charge in [-0.3, -0.25) is 14.6 Å². The lowest BCUT2D eigenvalue weighted by Gasteiger charge is -2.09. The molecule has 0 aliphatic rings. The van der Waals surface area contributed by atoms with Gasteiger partial charge in [0, 0.05) is 17.4 Å². The molecule has 0 saturated carbocycles. The Hall–Kier alpha value is -3.68. The lowest BCUT2D eigenvalue weighted by molar-refractivity contribution is 0.102. The summed E-state index contributed by atoms with van der Waals surface area (Å²) in [5.74, 6) is -3.74. The number of halogens is 3. The lowest BCUT2D eigenvalue weighted by atomic mass is 10.2. The lowest BCUT2D eigenvalue weighted by Crippen LogP contribution is -2.18. The minimum absolute atomic E-state index is 0.0168. The average molecular weight is 371 g/mol. The number of hydrogen-bond acceptors (Lipinski definition) is 3. The maximum Gasteiger partial charge on any atom is 0.274 e. The number of para-hydroxylation sites is 1. The number of pyridine rings is 1. The Morgan fingerprint density at radius 2 is 1.48 bits per heavy atom. The van der Waals surface area contributed by atoms with E-state index in [0.717, 1.165) is 12.1 Å². The van der Waals surface area contributed by atoms with Crippen LogP contribution >= 0.6 is 0 Å². The van der Waals surface area contributed by atoms with E-state index in [2.05, 4.69) is 15.6 Å². The van der Waals surface area contributed by atoms with Crippen LogP contribution in [-0.4, -0.2) is 16.8 Å². The smallest absolute Gasteiger partial charge is 0.274 e. The van der Waals surface area contributed by atoms with E-state index in [4.69, 9.17) is 0 Å². The predicted molar refractivity (Wildman–Crippen MR) is 92.9 cm³/mol. The molecule has 0 atom stereocenters. The minimum Gasteiger partial charge on any atom is -0.321 e. The topological polar surface area (TPSA) is 71.1 Å². The van der Waals surface area contributed by atoms with Crippen LogP contribution in [0.3, 0.4) is 0 Å². The third-order valence-corrected chi connectivity index (χ3v) is 3.56. The molecule has 0 aliphatic heterocycles. The third kappa shape index (κ3) is 4.30. The largest absolute Gasteiger partial charge is 0.321 e. The number of carbonyl (C=O) groups excluding carboxylic acids is 2. The quantitative estimate of drug-likeness (QED) is 0.728. The molecule has 0 aliphatic carbocycles. The number of nitrogens with one attached hydrogen (secondary N) is 2. The van der Waals surface area contributed by atoms with Crippen molar-refractivity contribution in [1.29, 1.82) is 0 Å². The van der Waals surface area contributed by atoms with Crippen molar-refractivity contribution in [1.82, 2.24) is 4.98 Å². The molecular formula is C19H12F3N3O2. The molecule has 3 rings (SSSR count). The number of benzene rings is 2. The fourth-order valence-corrected chi connectivity index (χ4v) is 2.23. The van der Waals surface area contributed by atoms with Crippen LogP contribution in [0.25, 0.3) is 0 Å². The molecule has 3 aromatic rings. The maximum absolute atomic E-state index is 13.6. The van der Waals surface area contributed by atoms with Crippen LogP contribution in [0, 0.1) is 17.5 Å². The molecule has 5 nitrogen and oxygen atoms in total. The molecule has 0 bridgehead atoms. The summed E-state index contributed by atoms with van der Waals surface area (Å²) in [6.07, 6.45) is 1.21. The zero-order valence-corrected chi connectivity index (χ0v) is 13.7. The molecular weight excluding hydrogens is 359 g/mol. The molecule has 8 heteroatoms. The Morgan fingerprint density at radius 1 is 0.815 bits per heavy atom. The fourth-order valence-electron chi connectivity index (χ4n) is 2.23. The second kappa shape index (κ2) is 7.69. The molecule has 136 valence electrons. The molecule has 1 aromatic heterocycles. The number of rotatable bonds is 4. The standard InChI is InChI=1S/C19H12F3N3O2/c20-12-4-6-13(7-5-12)24-19(27)16-10-11(8-9-23-16)18(26)25-17-14(21)2-1-3-15(17)22/h1-10H,(H,24,27)(H,25,26). The van der Waals surface area contributed by atoms with Crippen molar-refractivity contribution in [2.45, 2.75) is 0 Å². The van der Waals surface area contributed by atoms with Crippen LogP contribution in [0.5, 0.6) is 0 Å². The van der Waals surface area contributed by atoms with Crippen LogP contribution in [0.2, 0.25) is 0 Å². The first-order valence-corrected chi connectivity index (χ1v) is 7.72. The number of carbonyl (C=O) groups is 2.